The lowest BCUT2D eigenvalue weighted by Gasteiger charge is -2.29. The van der Waals surface area contributed by atoms with Gasteiger partial charge in [-0.3, -0.25) is 4.79 Å². The molecule has 140 valence electrons. The van der Waals surface area contributed by atoms with Gasteiger partial charge in [-0.15, -0.1) is 0 Å². The zero-order valence-electron chi connectivity index (χ0n) is 15.1. The highest BCUT2D eigenvalue weighted by Crippen LogP contribution is 2.27. The quantitative estimate of drug-likeness (QED) is 0.831. The first-order chi connectivity index (χ1) is 12.6. The van der Waals surface area contributed by atoms with E-state index in [2.05, 4.69) is 11.9 Å². The van der Waals surface area contributed by atoms with E-state index in [0.717, 1.165) is 29.9 Å². The Morgan fingerprint density at radius 2 is 1.96 bits per heavy atom. The van der Waals surface area contributed by atoms with E-state index >= 15 is 0 Å². The fourth-order valence-electron chi connectivity index (χ4n) is 3.22. The maximum absolute atomic E-state index is 12.5. The molecule has 2 aromatic rings. The SMILES string of the molecule is CCCc1nc(-c2ccc(Cl)cc2)c(CCC(=O)N2CCC(O)CC2)o1. The van der Waals surface area contributed by atoms with Crippen LogP contribution in [0.3, 0.4) is 0 Å². The number of benzene rings is 1. The van der Waals surface area contributed by atoms with Gasteiger partial charge in [0.05, 0.1) is 6.10 Å². The minimum absolute atomic E-state index is 0.104. The van der Waals surface area contributed by atoms with Gasteiger partial charge in [0.25, 0.3) is 0 Å². The number of hydrogen-bond donors (Lipinski definition) is 1. The minimum Gasteiger partial charge on any atom is -0.445 e. The molecule has 5 nitrogen and oxygen atoms in total. The smallest absolute Gasteiger partial charge is 0.223 e. The predicted octanol–water partition coefficient (Wildman–Crippen LogP) is 3.86. The van der Waals surface area contributed by atoms with Crippen molar-refractivity contribution >= 4 is 17.5 Å². The number of nitrogens with zero attached hydrogens (tertiary/aromatic N) is 2. The lowest BCUT2D eigenvalue weighted by molar-refractivity contribution is -0.133. The van der Waals surface area contributed by atoms with Crippen LogP contribution in [-0.4, -0.2) is 40.1 Å². The van der Waals surface area contributed by atoms with Gasteiger partial charge in [0.15, 0.2) is 5.89 Å². The van der Waals surface area contributed by atoms with Crippen molar-refractivity contribution in [3.8, 4) is 11.3 Å². The highest BCUT2D eigenvalue weighted by Gasteiger charge is 2.22. The third kappa shape index (κ3) is 4.65. The normalized spacial score (nSPS) is 15.4. The molecule has 0 saturated carbocycles. The second-order valence-corrected chi connectivity index (χ2v) is 7.18. The number of carbonyl (C=O) groups excluding carboxylic acids is 1. The lowest BCUT2D eigenvalue weighted by Crippen LogP contribution is -2.40. The molecule has 1 amide bonds. The number of aliphatic hydroxyl groups is 1. The standard InChI is InChI=1S/C20H25ClN2O3/c1-2-3-18-22-20(14-4-6-15(21)7-5-14)17(26-18)8-9-19(25)23-12-10-16(24)11-13-23/h4-7,16,24H,2-3,8-13H2,1H3. The molecule has 0 spiro atoms. The maximum Gasteiger partial charge on any atom is 0.223 e. The molecule has 3 rings (SSSR count). The third-order valence-corrected chi connectivity index (χ3v) is 4.96. The van der Waals surface area contributed by atoms with Crippen LogP contribution in [0.15, 0.2) is 28.7 Å². The molecular weight excluding hydrogens is 352 g/mol. The molecule has 0 bridgehead atoms. The van der Waals surface area contributed by atoms with Crippen molar-refractivity contribution in [2.45, 2.75) is 51.6 Å². The van der Waals surface area contributed by atoms with Gasteiger partial charge in [-0.25, -0.2) is 4.98 Å². The van der Waals surface area contributed by atoms with Gasteiger partial charge in [-0.05, 0) is 31.4 Å². The summed E-state index contributed by atoms with van der Waals surface area (Å²) in [7, 11) is 0. The second kappa shape index (κ2) is 8.69. The third-order valence-electron chi connectivity index (χ3n) is 4.71. The number of hydrogen-bond acceptors (Lipinski definition) is 4. The van der Waals surface area contributed by atoms with Gasteiger partial charge in [-0.1, -0.05) is 30.7 Å². The Balaban J connectivity index is 1.71. The molecule has 1 aliphatic heterocycles. The summed E-state index contributed by atoms with van der Waals surface area (Å²) < 4.78 is 5.94. The highest BCUT2D eigenvalue weighted by atomic mass is 35.5. The van der Waals surface area contributed by atoms with Crippen molar-refractivity contribution in [2.75, 3.05) is 13.1 Å². The number of piperidine rings is 1. The summed E-state index contributed by atoms with van der Waals surface area (Å²) in [6.07, 6.45) is 3.67. The summed E-state index contributed by atoms with van der Waals surface area (Å²) in [5.41, 5.74) is 1.75. The van der Waals surface area contributed by atoms with Crippen LogP contribution in [-0.2, 0) is 17.6 Å². The molecule has 2 heterocycles. The van der Waals surface area contributed by atoms with Crippen LogP contribution in [0.5, 0.6) is 0 Å². The van der Waals surface area contributed by atoms with E-state index in [1.165, 1.54) is 0 Å². The van der Waals surface area contributed by atoms with Crippen LogP contribution in [0.2, 0.25) is 5.02 Å². The van der Waals surface area contributed by atoms with Crippen molar-refractivity contribution in [2.24, 2.45) is 0 Å². The molecule has 0 atom stereocenters. The Labute approximate surface area is 159 Å². The monoisotopic (exact) mass is 376 g/mol. The fourth-order valence-corrected chi connectivity index (χ4v) is 3.34. The van der Waals surface area contributed by atoms with Crippen molar-refractivity contribution in [1.82, 2.24) is 9.88 Å². The summed E-state index contributed by atoms with van der Waals surface area (Å²) >= 11 is 5.98. The van der Waals surface area contributed by atoms with Gasteiger partial charge in [0, 0.05) is 42.9 Å². The molecular formula is C20H25ClN2O3. The van der Waals surface area contributed by atoms with Crippen LogP contribution in [0.4, 0.5) is 0 Å². The first-order valence-electron chi connectivity index (χ1n) is 9.27. The first-order valence-corrected chi connectivity index (χ1v) is 9.65. The van der Waals surface area contributed by atoms with Crippen LogP contribution >= 0.6 is 11.6 Å². The number of halogens is 1. The van der Waals surface area contributed by atoms with E-state index in [0.29, 0.717) is 49.7 Å². The zero-order valence-corrected chi connectivity index (χ0v) is 15.8. The molecule has 1 saturated heterocycles. The van der Waals surface area contributed by atoms with Crippen LogP contribution in [0, 0.1) is 0 Å². The molecule has 0 unspecified atom stereocenters. The van der Waals surface area contributed by atoms with E-state index < -0.39 is 0 Å². The van der Waals surface area contributed by atoms with Gasteiger partial charge in [0.1, 0.15) is 11.5 Å². The maximum atomic E-state index is 12.5. The highest BCUT2D eigenvalue weighted by molar-refractivity contribution is 6.30. The number of aliphatic hydroxyl groups excluding tert-OH is 1. The van der Waals surface area contributed by atoms with Crippen LogP contribution in [0.25, 0.3) is 11.3 Å². The summed E-state index contributed by atoms with van der Waals surface area (Å²) in [6.45, 7) is 3.34. The largest absolute Gasteiger partial charge is 0.445 e. The van der Waals surface area contributed by atoms with Crippen LogP contribution in [0.1, 0.15) is 44.3 Å². The number of amides is 1. The Hall–Kier alpha value is -1.85. The van der Waals surface area contributed by atoms with E-state index in [1.807, 2.05) is 29.2 Å². The summed E-state index contributed by atoms with van der Waals surface area (Å²) in [5.74, 6) is 1.56. The molecule has 1 aromatic heterocycles. The fraction of sp³-hybridized carbons (Fsp3) is 0.500. The van der Waals surface area contributed by atoms with Gasteiger partial charge in [0.2, 0.25) is 5.91 Å². The minimum atomic E-state index is -0.276. The van der Waals surface area contributed by atoms with Crippen molar-refractivity contribution < 1.29 is 14.3 Å². The topological polar surface area (TPSA) is 66.6 Å². The van der Waals surface area contributed by atoms with Gasteiger partial charge < -0.3 is 14.4 Å². The molecule has 6 heteroatoms. The predicted molar refractivity (Wildman–Crippen MR) is 101 cm³/mol. The molecule has 1 aromatic carbocycles. The molecule has 0 aliphatic carbocycles. The summed E-state index contributed by atoms with van der Waals surface area (Å²) in [5, 5.41) is 10.3. The number of aryl methyl sites for hydroxylation is 2. The Bertz CT molecular complexity index is 734. The number of likely N-dealkylation sites (tertiary alicyclic amines) is 1. The second-order valence-electron chi connectivity index (χ2n) is 6.75. The molecule has 1 N–H and O–H groups in total. The Morgan fingerprint density at radius 3 is 2.62 bits per heavy atom. The number of oxazole rings is 1. The van der Waals surface area contributed by atoms with E-state index in [1.54, 1.807) is 0 Å². The van der Waals surface area contributed by atoms with E-state index in [9.17, 15) is 9.90 Å². The van der Waals surface area contributed by atoms with Gasteiger partial charge in [-0.2, -0.15) is 0 Å². The number of rotatable bonds is 6. The number of carbonyl (C=O) groups is 1. The lowest BCUT2D eigenvalue weighted by atomic mass is 10.1. The van der Waals surface area contributed by atoms with Crippen molar-refractivity contribution in [3.05, 3.63) is 40.9 Å². The zero-order chi connectivity index (χ0) is 18.5. The summed E-state index contributed by atoms with van der Waals surface area (Å²) in [6, 6.07) is 7.51. The average molecular weight is 377 g/mol. The Kier molecular flexibility index (Phi) is 6.33. The van der Waals surface area contributed by atoms with Crippen molar-refractivity contribution in [3.63, 3.8) is 0 Å². The molecule has 0 radical (unpaired) electrons. The number of aromatic nitrogens is 1. The summed E-state index contributed by atoms with van der Waals surface area (Å²) in [4.78, 5) is 18.9. The van der Waals surface area contributed by atoms with Crippen molar-refractivity contribution in [1.29, 1.82) is 0 Å². The molecule has 1 fully saturated rings. The van der Waals surface area contributed by atoms with E-state index in [-0.39, 0.29) is 12.0 Å². The Morgan fingerprint density at radius 1 is 1.27 bits per heavy atom. The van der Waals surface area contributed by atoms with Crippen LogP contribution < -0.4 is 0 Å². The molecule has 1 aliphatic rings. The first kappa shape index (κ1) is 18.9. The van der Waals surface area contributed by atoms with E-state index in [4.69, 9.17) is 16.0 Å². The molecule has 26 heavy (non-hydrogen) atoms. The average Bonchev–Trinajstić information content (AvgIpc) is 3.04. The van der Waals surface area contributed by atoms with Gasteiger partial charge >= 0.3 is 0 Å².